The van der Waals surface area contributed by atoms with Crippen LogP contribution in [-0.2, 0) is 4.79 Å². The molecular weight excluding hydrogens is 212 g/mol. The first-order valence-electron chi connectivity index (χ1n) is 4.63. The van der Waals surface area contributed by atoms with Gasteiger partial charge in [0.1, 0.15) is 5.92 Å². The summed E-state index contributed by atoms with van der Waals surface area (Å²) in [5.41, 5.74) is 0.897. The van der Waals surface area contributed by atoms with Crippen LogP contribution < -0.4 is 4.90 Å². The van der Waals surface area contributed by atoms with Gasteiger partial charge in [-0.3, -0.25) is 4.79 Å². The van der Waals surface area contributed by atoms with Crippen LogP contribution in [0.5, 0.6) is 0 Å². The third-order valence-corrected chi connectivity index (χ3v) is 2.70. The highest BCUT2D eigenvalue weighted by Gasteiger charge is 2.30. The Morgan fingerprint density at radius 2 is 2.33 bits per heavy atom. The first-order chi connectivity index (χ1) is 7.20. The summed E-state index contributed by atoms with van der Waals surface area (Å²) < 4.78 is 0. The van der Waals surface area contributed by atoms with Gasteiger partial charge in [-0.1, -0.05) is 17.7 Å². The largest absolute Gasteiger partial charge is 0.362 e. The minimum atomic E-state index is -0.496. The molecule has 0 amide bonds. The van der Waals surface area contributed by atoms with Gasteiger partial charge in [-0.2, -0.15) is 5.26 Å². The number of ketones is 1. The fourth-order valence-corrected chi connectivity index (χ4v) is 1.85. The Morgan fingerprint density at radius 1 is 1.53 bits per heavy atom. The molecule has 1 aliphatic heterocycles. The molecule has 1 heterocycles. The van der Waals surface area contributed by atoms with Crippen LogP contribution in [0, 0.1) is 17.2 Å². The maximum atomic E-state index is 11.4. The number of Topliss-reactive ketones (excluding diaryl/α,β-unsaturated/α-hetero) is 1. The standard InChI is InChI=1S/C11H9ClN2O/c12-9-2-1-3-10(4-9)14-6-8(5-13)11(15)7-14/h1-4,8H,6-7H2/t8-/m0/s1. The van der Waals surface area contributed by atoms with Crippen LogP contribution in [0.2, 0.25) is 5.02 Å². The molecule has 76 valence electrons. The van der Waals surface area contributed by atoms with Crippen LogP contribution in [-0.4, -0.2) is 18.9 Å². The predicted octanol–water partition coefficient (Wildman–Crippen LogP) is 1.87. The van der Waals surface area contributed by atoms with Crippen LogP contribution in [0.3, 0.4) is 0 Å². The number of hydrogen-bond acceptors (Lipinski definition) is 3. The van der Waals surface area contributed by atoms with E-state index in [0.29, 0.717) is 18.1 Å². The second-order valence-corrected chi connectivity index (χ2v) is 3.94. The molecule has 0 spiro atoms. The molecule has 0 bridgehead atoms. The van der Waals surface area contributed by atoms with Crippen molar-refractivity contribution < 1.29 is 4.79 Å². The highest BCUT2D eigenvalue weighted by atomic mass is 35.5. The van der Waals surface area contributed by atoms with E-state index < -0.39 is 5.92 Å². The molecular formula is C11H9ClN2O. The molecule has 0 aromatic heterocycles. The van der Waals surface area contributed by atoms with E-state index in [-0.39, 0.29) is 5.78 Å². The molecule has 0 radical (unpaired) electrons. The minimum absolute atomic E-state index is 0.0162. The van der Waals surface area contributed by atoms with Gasteiger partial charge in [0.05, 0.1) is 12.6 Å². The summed E-state index contributed by atoms with van der Waals surface area (Å²) in [4.78, 5) is 13.3. The van der Waals surface area contributed by atoms with Crippen molar-refractivity contribution in [2.75, 3.05) is 18.0 Å². The van der Waals surface area contributed by atoms with Gasteiger partial charge in [0, 0.05) is 17.3 Å². The van der Waals surface area contributed by atoms with E-state index in [2.05, 4.69) is 0 Å². The average Bonchev–Trinajstić information content (AvgIpc) is 2.60. The van der Waals surface area contributed by atoms with E-state index in [1.165, 1.54) is 0 Å². The third kappa shape index (κ3) is 1.95. The van der Waals surface area contributed by atoms with Crippen molar-refractivity contribution in [2.24, 2.45) is 5.92 Å². The number of nitriles is 1. The van der Waals surface area contributed by atoms with Gasteiger partial charge >= 0.3 is 0 Å². The number of anilines is 1. The van der Waals surface area contributed by atoms with Crippen molar-refractivity contribution in [3.8, 4) is 6.07 Å². The summed E-state index contributed by atoms with van der Waals surface area (Å²) in [5, 5.41) is 9.37. The van der Waals surface area contributed by atoms with Gasteiger partial charge in [0.25, 0.3) is 0 Å². The van der Waals surface area contributed by atoms with Crippen molar-refractivity contribution in [3.63, 3.8) is 0 Å². The van der Waals surface area contributed by atoms with Crippen LogP contribution in [0.4, 0.5) is 5.69 Å². The van der Waals surface area contributed by atoms with Crippen molar-refractivity contribution in [3.05, 3.63) is 29.3 Å². The molecule has 0 N–H and O–H groups in total. The number of nitrogens with zero attached hydrogens (tertiary/aromatic N) is 2. The van der Waals surface area contributed by atoms with Gasteiger partial charge < -0.3 is 4.90 Å². The molecule has 0 aliphatic carbocycles. The third-order valence-electron chi connectivity index (χ3n) is 2.47. The summed E-state index contributed by atoms with van der Waals surface area (Å²) >= 11 is 5.85. The average molecular weight is 221 g/mol. The van der Waals surface area contributed by atoms with Crippen molar-refractivity contribution >= 4 is 23.1 Å². The minimum Gasteiger partial charge on any atom is -0.362 e. The first kappa shape index (κ1) is 10.0. The summed E-state index contributed by atoms with van der Waals surface area (Å²) in [5.74, 6) is -0.513. The van der Waals surface area contributed by atoms with Gasteiger partial charge in [-0.25, -0.2) is 0 Å². The molecule has 1 fully saturated rings. The Hall–Kier alpha value is -1.53. The maximum absolute atomic E-state index is 11.4. The topological polar surface area (TPSA) is 44.1 Å². The molecule has 1 aliphatic rings. The van der Waals surface area contributed by atoms with E-state index >= 15 is 0 Å². The summed E-state index contributed by atoms with van der Waals surface area (Å²) in [6.07, 6.45) is 0. The van der Waals surface area contributed by atoms with Gasteiger partial charge in [0.2, 0.25) is 0 Å². The number of halogens is 1. The SMILES string of the molecule is N#C[C@H]1CN(c2cccc(Cl)c2)CC1=O. The Labute approximate surface area is 92.9 Å². The second-order valence-electron chi connectivity index (χ2n) is 3.51. The quantitative estimate of drug-likeness (QED) is 0.726. The zero-order valence-electron chi connectivity index (χ0n) is 7.98. The van der Waals surface area contributed by atoms with E-state index in [0.717, 1.165) is 5.69 Å². The lowest BCUT2D eigenvalue weighted by molar-refractivity contribution is -0.118. The number of benzene rings is 1. The summed E-state index contributed by atoms with van der Waals surface area (Å²) in [6.45, 7) is 0.772. The smallest absolute Gasteiger partial charge is 0.170 e. The van der Waals surface area contributed by atoms with Gasteiger partial charge in [0.15, 0.2) is 5.78 Å². The molecule has 15 heavy (non-hydrogen) atoms. The van der Waals surface area contributed by atoms with E-state index in [9.17, 15) is 4.79 Å². The van der Waals surface area contributed by atoms with Crippen molar-refractivity contribution in [1.29, 1.82) is 5.26 Å². The number of carbonyl (C=O) groups is 1. The number of carbonyl (C=O) groups excluding carboxylic acids is 1. The molecule has 4 heteroatoms. The molecule has 1 atom stereocenters. The molecule has 1 aromatic carbocycles. The summed E-state index contributed by atoms with van der Waals surface area (Å²) in [6, 6.07) is 9.31. The van der Waals surface area contributed by atoms with Gasteiger partial charge in [-0.15, -0.1) is 0 Å². The Bertz CT molecular complexity index is 438. The summed E-state index contributed by atoms with van der Waals surface area (Å²) in [7, 11) is 0. The molecule has 1 saturated heterocycles. The van der Waals surface area contributed by atoms with E-state index in [4.69, 9.17) is 16.9 Å². The number of rotatable bonds is 1. The monoisotopic (exact) mass is 220 g/mol. The zero-order valence-corrected chi connectivity index (χ0v) is 8.74. The zero-order chi connectivity index (χ0) is 10.8. The maximum Gasteiger partial charge on any atom is 0.170 e. The molecule has 0 saturated carbocycles. The predicted molar refractivity (Wildman–Crippen MR) is 57.8 cm³/mol. The van der Waals surface area contributed by atoms with Crippen LogP contribution in [0.15, 0.2) is 24.3 Å². The van der Waals surface area contributed by atoms with Crippen LogP contribution in [0.1, 0.15) is 0 Å². The van der Waals surface area contributed by atoms with Crippen LogP contribution >= 0.6 is 11.6 Å². The molecule has 2 rings (SSSR count). The van der Waals surface area contributed by atoms with Crippen molar-refractivity contribution in [2.45, 2.75) is 0 Å². The molecule has 0 unspecified atom stereocenters. The van der Waals surface area contributed by atoms with Crippen LogP contribution in [0.25, 0.3) is 0 Å². The van der Waals surface area contributed by atoms with Gasteiger partial charge in [-0.05, 0) is 18.2 Å². The lowest BCUT2D eigenvalue weighted by Crippen LogP contribution is -2.19. The first-order valence-corrected chi connectivity index (χ1v) is 5.01. The lowest BCUT2D eigenvalue weighted by atomic mass is 10.1. The highest BCUT2D eigenvalue weighted by molar-refractivity contribution is 6.30. The molecule has 3 nitrogen and oxygen atoms in total. The van der Waals surface area contributed by atoms with E-state index in [1.54, 1.807) is 12.1 Å². The Balaban J connectivity index is 2.21. The second kappa shape index (κ2) is 3.92. The number of hydrogen-bond donors (Lipinski definition) is 0. The fraction of sp³-hybridized carbons (Fsp3) is 0.273. The normalized spacial score (nSPS) is 20.4. The Kier molecular flexibility index (Phi) is 2.61. The Morgan fingerprint density at radius 3 is 2.93 bits per heavy atom. The molecule has 1 aromatic rings. The van der Waals surface area contributed by atoms with Crippen molar-refractivity contribution in [1.82, 2.24) is 0 Å². The lowest BCUT2D eigenvalue weighted by Gasteiger charge is -2.16. The fourth-order valence-electron chi connectivity index (χ4n) is 1.67. The highest BCUT2D eigenvalue weighted by Crippen LogP contribution is 2.24. The van der Waals surface area contributed by atoms with E-state index in [1.807, 2.05) is 23.1 Å².